The van der Waals surface area contributed by atoms with E-state index in [0.29, 0.717) is 24.9 Å². The van der Waals surface area contributed by atoms with Crippen LogP contribution in [0.5, 0.6) is 11.5 Å². The molecule has 4 nitrogen and oxygen atoms in total. The van der Waals surface area contributed by atoms with Crippen molar-refractivity contribution in [3.05, 3.63) is 54.1 Å². The molecule has 0 bridgehead atoms. The SMILES string of the molecule is CCOc1ccc(CNC(=S)Nc2ccccc2OCC)cc1. The lowest BCUT2D eigenvalue weighted by Crippen LogP contribution is -2.28. The zero-order chi connectivity index (χ0) is 16.5. The van der Waals surface area contributed by atoms with E-state index in [2.05, 4.69) is 10.6 Å². The van der Waals surface area contributed by atoms with Gasteiger partial charge in [-0.3, -0.25) is 0 Å². The highest BCUT2D eigenvalue weighted by Crippen LogP contribution is 2.23. The molecule has 0 atom stereocenters. The van der Waals surface area contributed by atoms with E-state index >= 15 is 0 Å². The Balaban J connectivity index is 1.87. The van der Waals surface area contributed by atoms with Crippen LogP contribution in [0.25, 0.3) is 0 Å². The molecule has 0 heterocycles. The van der Waals surface area contributed by atoms with Gasteiger partial charge >= 0.3 is 0 Å². The molecule has 0 aliphatic rings. The fourth-order valence-electron chi connectivity index (χ4n) is 2.07. The van der Waals surface area contributed by atoms with Crippen molar-refractivity contribution in [1.29, 1.82) is 0 Å². The van der Waals surface area contributed by atoms with Gasteiger partial charge in [0, 0.05) is 6.54 Å². The zero-order valence-electron chi connectivity index (χ0n) is 13.5. The van der Waals surface area contributed by atoms with Crippen molar-refractivity contribution in [1.82, 2.24) is 5.32 Å². The van der Waals surface area contributed by atoms with Crippen LogP contribution >= 0.6 is 12.2 Å². The quantitative estimate of drug-likeness (QED) is 0.752. The molecule has 0 spiro atoms. The second kappa shape index (κ2) is 9.00. The van der Waals surface area contributed by atoms with Crippen molar-refractivity contribution in [2.24, 2.45) is 0 Å². The van der Waals surface area contributed by atoms with Crippen LogP contribution < -0.4 is 20.1 Å². The van der Waals surface area contributed by atoms with E-state index in [1.54, 1.807) is 0 Å². The van der Waals surface area contributed by atoms with E-state index in [1.807, 2.05) is 62.4 Å². The molecule has 0 radical (unpaired) electrons. The number of para-hydroxylation sites is 2. The first kappa shape index (κ1) is 17.1. The molecular formula is C18H22N2O2S. The van der Waals surface area contributed by atoms with Crippen molar-refractivity contribution in [2.45, 2.75) is 20.4 Å². The monoisotopic (exact) mass is 330 g/mol. The lowest BCUT2D eigenvalue weighted by molar-refractivity contribution is 0.340. The van der Waals surface area contributed by atoms with Gasteiger partial charge in [-0.05, 0) is 55.9 Å². The minimum absolute atomic E-state index is 0.561. The van der Waals surface area contributed by atoms with Gasteiger partial charge in [0.25, 0.3) is 0 Å². The predicted molar refractivity (Wildman–Crippen MR) is 98.3 cm³/mol. The Kier molecular flexibility index (Phi) is 6.69. The Bertz CT molecular complexity index is 629. The van der Waals surface area contributed by atoms with Crippen LogP contribution in [0.2, 0.25) is 0 Å². The van der Waals surface area contributed by atoms with Crippen molar-refractivity contribution < 1.29 is 9.47 Å². The smallest absolute Gasteiger partial charge is 0.171 e. The molecule has 2 rings (SSSR count). The Morgan fingerprint density at radius 3 is 2.35 bits per heavy atom. The van der Waals surface area contributed by atoms with Crippen LogP contribution in [-0.4, -0.2) is 18.3 Å². The highest BCUT2D eigenvalue weighted by atomic mass is 32.1. The summed E-state index contributed by atoms with van der Waals surface area (Å²) in [6, 6.07) is 15.7. The molecule has 0 amide bonds. The van der Waals surface area contributed by atoms with Crippen LogP contribution in [0.3, 0.4) is 0 Å². The highest BCUT2D eigenvalue weighted by Gasteiger charge is 2.04. The maximum atomic E-state index is 5.57. The highest BCUT2D eigenvalue weighted by molar-refractivity contribution is 7.80. The number of nitrogens with one attached hydrogen (secondary N) is 2. The molecular weight excluding hydrogens is 308 g/mol. The molecule has 0 fully saturated rings. The second-order valence-electron chi connectivity index (χ2n) is 4.81. The van der Waals surface area contributed by atoms with Gasteiger partial charge in [0.2, 0.25) is 0 Å². The molecule has 0 aliphatic carbocycles. The summed E-state index contributed by atoms with van der Waals surface area (Å²) in [5.41, 5.74) is 1.99. The van der Waals surface area contributed by atoms with E-state index in [0.717, 1.165) is 22.7 Å². The number of anilines is 1. The fourth-order valence-corrected chi connectivity index (χ4v) is 2.25. The topological polar surface area (TPSA) is 42.5 Å². The van der Waals surface area contributed by atoms with Crippen molar-refractivity contribution in [3.8, 4) is 11.5 Å². The van der Waals surface area contributed by atoms with Crippen LogP contribution in [0.1, 0.15) is 19.4 Å². The first-order valence-corrected chi connectivity index (χ1v) is 8.12. The van der Waals surface area contributed by atoms with Gasteiger partial charge in [0.15, 0.2) is 5.11 Å². The minimum atomic E-state index is 0.561. The van der Waals surface area contributed by atoms with Gasteiger partial charge in [-0.15, -0.1) is 0 Å². The van der Waals surface area contributed by atoms with Gasteiger partial charge in [0.1, 0.15) is 11.5 Å². The summed E-state index contributed by atoms with van der Waals surface area (Å²) < 4.78 is 11.0. The molecule has 0 unspecified atom stereocenters. The summed E-state index contributed by atoms with van der Waals surface area (Å²) >= 11 is 5.34. The fraction of sp³-hybridized carbons (Fsp3) is 0.278. The van der Waals surface area contributed by atoms with Crippen LogP contribution in [0, 0.1) is 0 Å². The first-order chi connectivity index (χ1) is 11.2. The number of ether oxygens (including phenoxy) is 2. The zero-order valence-corrected chi connectivity index (χ0v) is 14.3. The van der Waals surface area contributed by atoms with E-state index in [1.165, 1.54) is 0 Å². The van der Waals surface area contributed by atoms with Gasteiger partial charge in [-0.1, -0.05) is 24.3 Å². The Morgan fingerprint density at radius 2 is 1.65 bits per heavy atom. The lowest BCUT2D eigenvalue weighted by Gasteiger charge is -2.14. The molecule has 2 N–H and O–H groups in total. The summed E-state index contributed by atoms with van der Waals surface area (Å²) in [6.45, 7) is 5.86. The molecule has 2 aromatic rings. The molecule has 0 saturated carbocycles. The van der Waals surface area contributed by atoms with Gasteiger partial charge < -0.3 is 20.1 Å². The van der Waals surface area contributed by atoms with E-state index in [4.69, 9.17) is 21.7 Å². The Morgan fingerprint density at radius 1 is 0.957 bits per heavy atom. The standard InChI is InChI=1S/C18H22N2O2S/c1-3-21-15-11-9-14(10-12-15)13-19-18(23)20-16-7-5-6-8-17(16)22-4-2/h5-12H,3-4,13H2,1-2H3,(H2,19,20,23). The largest absolute Gasteiger partial charge is 0.494 e. The molecule has 2 aromatic carbocycles. The molecule has 0 aliphatic heterocycles. The molecule has 5 heteroatoms. The van der Waals surface area contributed by atoms with Crippen molar-refractivity contribution in [3.63, 3.8) is 0 Å². The normalized spacial score (nSPS) is 10.0. The number of hydrogen-bond acceptors (Lipinski definition) is 3. The van der Waals surface area contributed by atoms with Gasteiger partial charge in [-0.25, -0.2) is 0 Å². The van der Waals surface area contributed by atoms with Crippen molar-refractivity contribution in [2.75, 3.05) is 18.5 Å². The molecule has 122 valence electrons. The summed E-state index contributed by atoms with van der Waals surface area (Å²) in [7, 11) is 0. The first-order valence-electron chi connectivity index (χ1n) is 7.71. The summed E-state index contributed by atoms with van der Waals surface area (Å²) in [4.78, 5) is 0. The van der Waals surface area contributed by atoms with Gasteiger partial charge in [0.05, 0.1) is 18.9 Å². The van der Waals surface area contributed by atoms with Gasteiger partial charge in [-0.2, -0.15) is 0 Å². The number of benzene rings is 2. The molecule has 0 aromatic heterocycles. The summed E-state index contributed by atoms with van der Waals surface area (Å²) in [5.74, 6) is 1.67. The average Bonchev–Trinajstić information content (AvgIpc) is 2.57. The summed E-state index contributed by atoms with van der Waals surface area (Å²) in [5, 5.41) is 6.92. The number of hydrogen-bond donors (Lipinski definition) is 2. The van der Waals surface area contributed by atoms with E-state index in [-0.39, 0.29) is 0 Å². The third-order valence-corrected chi connectivity index (χ3v) is 3.37. The minimum Gasteiger partial charge on any atom is -0.494 e. The van der Waals surface area contributed by atoms with Crippen LogP contribution in [-0.2, 0) is 6.54 Å². The van der Waals surface area contributed by atoms with Crippen LogP contribution in [0.15, 0.2) is 48.5 Å². The average molecular weight is 330 g/mol. The maximum Gasteiger partial charge on any atom is 0.171 e. The number of thiocarbonyl (C=S) groups is 1. The second-order valence-corrected chi connectivity index (χ2v) is 5.22. The third kappa shape index (κ3) is 5.45. The van der Waals surface area contributed by atoms with Crippen LogP contribution in [0.4, 0.5) is 5.69 Å². The van der Waals surface area contributed by atoms with E-state index < -0.39 is 0 Å². The lowest BCUT2D eigenvalue weighted by atomic mass is 10.2. The molecule has 0 saturated heterocycles. The third-order valence-electron chi connectivity index (χ3n) is 3.12. The summed E-state index contributed by atoms with van der Waals surface area (Å²) in [6.07, 6.45) is 0. The Hall–Kier alpha value is -2.27. The van der Waals surface area contributed by atoms with E-state index in [9.17, 15) is 0 Å². The predicted octanol–water partition coefficient (Wildman–Crippen LogP) is 3.97. The van der Waals surface area contributed by atoms with Crippen molar-refractivity contribution >= 4 is 23.0 Å². The number of rotatable bonds is 7. The maximum absolute atomic E-state index is 5.57. The Labute approximate surface area is 142 Å². The molecule has 23 heavy (non-hydrogen) atoms.